The zero-order chi connectivity index (χ0) is 80.4. The summed E-state index contributed by atoms with van der Waals surface area (Å²) in [6.07, 6.45) is 0. The second-order valence-electron chi connectivity index (χ2n) is 31.1. The van der Waals surface area contributed by atoms with Gasteiger partial charge in [-0.25, -0.2) is 0 Å². The van der Waals surface area contributed by atoms with Gasteiger partial charge in [-0.05, 0) is 244 Å². The maximum Gasteiger partial charge on any atom is 0.0727 e. The smallest absolute Gasteiger partial charge is 0.0727 e. The van der Waals surface area contributed by atoms with E-state index in [-0.39, 0.29) is 0 Å². The van der Waals surface area contributed by atoms with E-state index < -0.39 is 5.41 Å². The van der Waals surface area contributed by atoms with Crippen molar-refractivity contribution in [1.29, 1.82) is 0 Å². The van der Waals surface area contributed by atoms with Crippen LogP contribution in [0.4, 0.5) is 68.2 Å². The number of fused-ring (bicyclic) bond motifs is 12. The molecule has 0 saturated carbocycles. The van der Waals surface area contributed by atoms with Crippen LogP contribution < -0.4 is 19.6 Å². The maximum absolute atomic E-state index is 2.49. The summed E-state index contributed by atoms with van der Waals surface area (Å²) in [7, 11) is 0. The average Bonchev–Trinajstić information content (AvgIpc) is 1.50. The van der Waals surface area contributed by atoms with Crippen LogP contribution in [0.25, 0.3) is 99.4 Å². The van der Waals surface area contributed by atoms with Gasteiger partial charge in [-0.1, -0.05) is 364 Å². The number of anilines is 12. The highest BCUT2D eigenvalue weighted by atomic mass is 15.2. The van der Waals surface area contributed by atoms with Crippen LogP contribution in [0.3, 0.4) is 0 Å². The Morgan fingerprint density at radius 3 is 0.669 bits per heavy atom. The van der Waals surface area contributed by atoms with E-state index in [1.165, 1.54) is 122 Å². The van der Waals surface area contributed by atoms with Crippen LogP contribution in [0.5, 0.6) is 0 Å². The molecule has 0 unspecified atom stereocenters. The molecule has 0 amide bonds. The van der Waals surface area contributed by atoms with E-state index in [9.17, 15) is 0 Å². The highest BCUT2D eigenvalue weighted by Crippen LogP contribution is 2.64. The zero-order valence-electron chi connectivity index (χ0n) is 66.6. The zero-order valence-corrected chi connectivity index (χ0v) is 66.6. The fourth-order valence-electron chi connectivity index (χ4n) is 18.4. The van der Waals surface area contributed by atoms with Crippen molar-refractivity contribution in [3.63, 3.8) is 0 Å². The largest absolute Gasteiger partial charge is 0.310 e. The predicted octanol–water partition coefficient (Wildman–Crippen LogP) is 32.2. The van der Waals surface area contributed by atoms with E-state index in [2.05, 4.69) is 517 Å². The van der Waals surface area contributed by atoms with Gasteiger partial charge in [0.25, 0.3) is 0 Å². The first-order valence-electron chi connectivity index (χ1n) is 41.6. The van der Waals surface area contributed by atoms with Gasteiger partial charge in [-0.15, -0.1) is 0 Å². The second-order valence-corrected chi connectivity index (χ2v) is 31.1. The Kier molecular flexibility index (Phi) is 19.2. The van der Waals surface area contributed by atoms with E-state index >= 15 is 0 Å². The molecule has 0 aliphatic heterocycles. The molecular formula is C117H82N4. The molecule has 0 aromatic heterocycles. The number of hydrogen-bond acceptors (Lipinski definition) is 4. The quantitative estimate of drug-likeness (QED) is 0.0901. The molecule has 121 heavy (non-hydrogen) atoms. The Hall–Kier alpha value is -15.9. The van der Waals surface area contributed by atoms with Crippen LogP contribution in [-0.4, -0.2) is 0 Å². The standard InChI is InChI=1S/C73H50N2.C44H32N2/c1-5-17-51(18-6-1)54-29-31-55(32-30-54)58-37-43-60(44-38-58)74(59-23-11-4-12-24-59)63-45-47-67-68-48-46-64(50-72(68)73(71(67)49-63)69-27-15-13-25-65(69)66-26-14-16-28-70(66)73)75(61-39-33-56(34-40-61)52-19-7-2-8-20-52)62-41-35-57(36-42-62)53-21-9-3-10-22-53;1-3-17-37(18-4-1)45(43-23-11-15-35-13-7-9-21-41(35)43)39-29-25-33(26-30-39)34-27-31-40(32-28-34)46(38-19-5-2-6-20-38)44-24-12-16-36-14-8-10-22-42(36)44/h1-50H;1-32H. The van der Waals surface area contributed by atoms with Gasteiger partial charge in [-0.3, -0.25) is 0 Å². The molecule has 2 aliphatic rings. The minimum Gasteiger partial charge on any atom is -0.310 e. The van der Waals surface area contributed by atoms with Crippen molar-refractivity contribution >= 4 is 89.8 Å². The molecule has 0 bridgehead atoms. The van der Waals surface area contributed by atoms with Crippen LogP contribution in [-0.2, 0) is 5.41 Å². The van der Waals surface area contributed by atoms with Crippen molar-refractivity contribution in [2.45, 2.75) is 5.41 Å². The number of nitrogens with zero attached hydrogens (tertiary/aromatic N) is 4. The summed E-state index contributed by atoms with van der Waals surface area (Å²) in [5, 5.41) is 4.90. The normalized spacial score (nSPS) is 11.9. The SMILES string of the molecule is c1ccc(-c2ccc(-c3ccc(N(c4ccccc4)c4ccc5c(c4)C4(c6ccccc6-c6ccccc64)c4cc(N(c6ccc(-c7ccccc7)cc6)c6ccc(-c7ccccc7)cc6)ccc4-5)cc3)cc2)cc1.c1ccc(N(c2ccc(-c3ccc(N(c4ccccc4)c4cccc5ccccc45)cc3)cc2)c2cccc3ccccc23)cc1. The van der Waals surface area contributed by atoms with Crippen molar-refractivity contribution in [1.82, 2.24) is 0 Å². The minimum absolute atomic E-state index is 0.595. The Labute approximate surface area is 707 Å². The maximum atomic E-state index is 2.49. The van der Waals surface area contributed by atoms with Crippen molar-refractivity contribution < 1.29 is 0 Å². The fraction of sp³-hybridized carbons (Fsp3) is 0.00855. The summed E-state index contributed by atoms with van der Waals surface area (Å²) in [5.74, 6) is 0. The first kappa shape index (κ1) is 72.8. The Morgan fingerprint density at radius 1 is 0.132 bits per heavy atom. The van der Waals surface area contributed by atoms with Gasteiger partial charge in [0.05, 0.1) is 16.8 Å². The van der Waals surface area contributed by atoms with Crippen molar-refractivity contribution in [3.8, 4) is 77.9 Å². The molecule has 22 rings (SSSR count). The lowest BCUT2D eigenvalue weighted by molar-refractivity contribution is 0.793. The summed E-state index contributed by atoms with van der Waals surface area (Å²) in [6, 6.07) is 181. The first-order valence-corrected chi connectivity index (χ1v) is 41.6. The summed E-state index contributed by atoms with van der Waals surface area (Å²) >= 11 is 0. The first-order chi connectivity index (χ1) is 60.0. The fourth-order valence-corrected chi connectivity index (χ4v) is 18.4. The second kappa shape index (κ2) is 32.0. The Morgan fingerprint density at radius 2 is 0.347 bits per heavy atom. The van der Waals surface area contributed by atoms with Crippen LogP contribution in [0, 0.1) is 0 Å². The van der Waals surface area contributed by atoms with Gasteiger partial charge in [0.15, 0.2) is 0 Å². The molecule has 0 N–H and O–H groups in total. The number of benzene rings is 20. The van der Waals surface area contributed by atoms with Gasteiger partial charge in [0.1, 0.15) is 0 Å². The molecule has 2 aliphatic carbocycles. The monoisotopic (exact) mass is 1540 g/mol. The molecule has 0 heterocycles. The molecule has 0 saturated heterocycles. The Balaban J connectivity index is 0.000000168. The average molecular weight is 1540 g/mol. The van der Waals surface area contributed by atoms with Gasteiger partial charge < -0.3 is 19.6 Å². The number of rotatable bonds is 17. The highest BCUT2D eigenvalue weighted by Gasteiger charge is 2.52. The van der Waals surface area contributed by atoms with Crippen molar-refractivity contribution in [3.05, 3.63) is 520 Å². The Bertz CT molecular complexity index is 6760. The minimum atomic E-state index is -0.595. The van der Waals surface area contributed by atoms with E-state index in [4.69, 9.17) is 0 Å². The van der Waals surface area contributed by atoms with Gasteiger partial charge in [-0.2, -0.15) is 0 Å². The number of para-hydroxylation sites is 3. The van der Waals surface area contributed by atoms with Gasteiger partial charge in [0.2, 0.25) is 0 Å². The lowest BCUT2D eigenvalue weighted by atomic mass is 9.70. The van der Waals surface area contributed by atoms with E-state index in [1.54, 1.807) is 0 Å². The van der Waals surface area contributed by atoms with Crippen LogP contribution in [0.15, 0.2) is 497 Å². The molecule has 4 nitrogen and oxygen atoms in total. The summed E-state index contributed by atoms with van der Waals surface area (Å²) in [6.45, 7) is 0. The van der Waals surface area contributed by atoms with Crippen LogP contribution in [0.2, 0.25) is 0 Å². The third-order valence-electron chi connectivity index (χ3n) is 24.1. The predicted molar refractivity (Wildman–Crippen MR) is 510 cm³/mol. The third kappa shape index (κ3) is 13.6. The molecule has 20 aromatic carbocycles. The summed E-state index contributed by atoms with van der Waals surface area (Å²) in [4.78, 5) is 9.53. The topological polar surface area (TPSA) is 13.0 Å². The number of hydrogen-bond donors (Lipinski definition) is 0. The van der Waals surface area contributed by atoms with E-state index in [0.717, 1.165) is 68.2 Å². The molecule has 20 aromatic rings. The molecule has 0 fully saturated rings. The van der Waals surface area contributed by atoms with Crippen molar-refractivity contribution in [2.24, 2.45) is 0 Å². The molecule has 4 heteroatoms. The summed E-state index contributed by atoms with van der Waals surface area (Å²) in [5.41, 5.74) is 35.0. The van der Waals surface area contributed by atoms with Crippen LogP contribution in [0.1, 0.15) is 22.3 Å². The molecule has 0 radical (unpaired) electrons. The lowest BCUT2D eigenvalue weighted by Crippen LogP contribution is -2.26. The third-order valence-corrected chi connectivity index (χ3v) is 24.1. The molecule has 570 valence electrons. The lowest BCUT2D eigenvalue weighted by Gasteiger charge is -2.33. The molecular weight excluding hydrogens is 1460 g/mol. The van der Waals surface area contributed by atoms with E-state index in [0.29, 0.717) is 0 Å². The van der Waals surface area contributed by atoms with Crippen molar-refractivity contribution in [2.75, 3.05) is 19.6 Å². The molecule has 1 spiro atoms. The van der Waals surface area contributed by atoms with E-state index in [1.807, 2.05) is 0 Å². The van der Waals surface area contributed by atoms with Gasteiger partial charge in [0, 0.05) is 67.6 Å². The van der Waals surface area contributed by atoms with Crippen LogP contribution >= 0.6 is 0 Å². The summed E-state index contributed by atoms with van der Waals surface area (Å²) < 4.78 is 0. The molecule has 0 atom stereocenters. The van der Waals surface area contributed by atoms with Gasteiger partial charge >= 0.3 is 0 Å². The highest BCUT2D eigenvalue weighted by molar-refractivity contribution is 6.02.